The molecule has 0 bridgehead atoms. The molecule has 0 radical (unpaired) electrons. The van der Waals surface area contributed by atoms with Crippen molar-refractivity contribution in [2.45, 2.75) is 121 Å². The van der Waals surface area contributed by atoms with Crippen LogP contribution in [0.2, 0.25) is 0 Å². The van der Waals surface area contributed by atoms with E-state index in [9.17, 15) is 19.8 Å². The summed E-state index contributed by atoms with van der Waals surface area (Å²) in [7, 11) is 0. The molecule has 1 aromatic rings. The zero-order chi connectivity index (χ0) is 29.4. The molecule has 3 fully saturated rings. The molecule has 1 saturated carbocycles. The molecule has 9 heteroatoms. The maximum absolute atomic E-state index is 13.4. The van der Waals surface area contributed by atoms with Gasteiger partial charge in [0.25, 0.3) is 0 Å². The van der Waals surface area contributed by atoms with Gasteiger partial charge in [-0.2, -0.15) is 0 Å². The molecule has 1 aromatic heterocycles. The van der Waals surface area contributed by atoms with Crippen LogP contribution in [0, 0.1) is 23.2 Å². The molecule has 0 amide bonds. The van der Waals surface area contributed by atoms with E-state index in [0.29, 0.717) is 12.5 Å². The summed E-state index contributed by atoms with van der Waals surface area (Å²) in [6, 6.07) is 0.293. The van der Waals surface area contributed by atoms with Crippen LogP contribution in [0.4, 0.5) is 0 Å². The lowest BCUT2D eigenvalue weighted by Crippen LogP contribution is -2.45. The molecule has 2 N–H and O–H groups in total. The third-order valence-electron chi connectivity index (χ3n) is 9.78. The monoisotopic (exact) mass is 592 g/mol. The first-order chi connectivity index (χ1) is 18.8. The molecule has 3 aliphatic rings. The fourth-order valence-corrected chi connectivity index (χ4v) is 7.67. The first-order valence-electron chi connectivity index (χ1n) is 14.8. The fourth-order valence-electron chi connectivity index (χ4n) is 6.44. The second-order valence-corrected chi connectivity index (χ2v) is 15.2. The van der Waals surface area contributed by atoms with E-state index in [4.69, 9.17) is 4.74 Å². The number of rotatable bonds is 5. The highest BCUT2D eigenvalue weighted by molar-refractivity contribution is 8.00. The van der Waals surface area contributed by atoms with Crippen LogP contribution in [0.15, 0.2) is 15.3 Å². The molecule has 0 aromatic carbocycles. The van der Waals surface area contributed by atoms with E-state index < -0.39 is 35.6 Å². The summed E-state index contributed by atoms with van der Waals surface area (Å²) in [5, 5.41) is 24.1. The Hall–Kier alpha value is -1.26. The lowest BCUT2D eigenvalue weighted by Gasteiger charge is -2.34. The zero-order valence-electron chi connectivity index (χ0n) is 25.2. The number of ketones is 1. The van der Waals surface area contributed by atoms with Crippen molar-refractivity contribution in [3.05, 3.63) is 16.6 Å². The van der Waals surface area contributed by atoms with E-state index in [1.807, 2.05) is 31.6 Å². The maximum atomic E-state index is 13.4. The minimum absolute atomic E-state index is 0.0187. The number of ether oxygens (including phenoxy) is 1. The number of aromatic nitrogens is 1. The van der Waals surface area contributed by atoms with Crippen LogP contribution in [0.3, 0.4) is 0 Å². The molecular formula is C31H48N2O5S2. The third kappa shape index (κ3) is 7.02. The van der Waals surface area contributed by atoms with Crippen LogP contribution in [0.25, 0.3) is 6.08 Å². The number of cyclic esters (lactones) is 1. The van der Waals surface area contributed by atoms with Gasteiger partial charge < -0.3 is 14.9 Å². The molecule has 3 heterocycles. The van der Waals surface area contributed by atoms with Crippen molar-refractivity contribution in [2.75, 3.05) is 12.8 Å². The van der Waals surface area contributed by atoms with Gasteiger partial charge in [0.2, 0.25) is 0 Å². The summed E-state index contributed by atoms with van der Waals surface area (Å²) in [4.78, 5) is 33.9. The number of nitrogens with zero attached hydrogens (tertiary/aromatic N) is 2. The van der Waals surface area contributed by atoms with Gasteiger partial charge in [0.1, 0.15) is 16.2 Å². The van der Waals surface area contributed by atoms with Crippen molar-refractivity contribution in [2.24, 2.45) is 23.2 Å². The Morgan fingerprint density at radius 1 is 1.23 bits per heavy atom. The van der Waals surface area contributed by atoms with Gasteiger partial charge in [-0.25, -0.2) is 4.98 Å². The molecule has 8 atom stereocenters. The molecule has 40 heavy (non-hydrogen) atoms. The highest BCUT2D eigenvalue weighted by atomic mass is 32.2. The number of hydrogen-bond acceptors (Lipinski definition) is 9. The molecule has 1 unspecified atom stereocenters. The van der Waals surface area contributed by atoms with Crippen molar-refractivity contribution < 1.29 is 24.5 Å². The quantitative estimate of drug-likeness (QED) is 0.260. The second kappa shape index (κ2) is 12.5. The molecule has 4 rings (SSSR count). The topological polar surface area (TPSA) is 99.7 Å². The van der Waals surface area contributed by atoms with Crippen LogP contribution < -0.4 is 0 Å². The van der Waals surface area contributed by atoms with E-state index in [1.165, 1.54) is 12.8 Å². The average Bonchev–Trinajstić information content (AvgIpc) is 3.76. The van der Waals surface area contributed by atoms with Crippen molar-refractivity contribution in [3.63, 3.8) is 0 Å². The first kappa shape index (κ1) is 31.7. The minimum Gasteiger partial charge on any atom is -0.458 e. The Labute approximate surface area is 248 Å². The number of hydrogen-bond donors (Lipinski definition) is 2. The number of carbonyl (C=O) groups is 2. The van der Waals surface area contributed by atoms with E-state index in [-0.39, 0.29) is 23.7 Å². The fraction of sp³-hybridized carbons (Fsp3) is 0.774. The SMILES string of the molecule is CSc1nc(/C=C(\C)[C@@H]2C[C@@H]3N(CC4CC4)[C@]3(C)CCC[C@H](C)[C@H](O)[C@@H](C)C(=O)C(C)(C)[C@@H](O)CC(=O)O2)cs1. The molecule has 2 aliphatic heterocycles. The van der Waals surface area contributed by atoms with Crippen LogP contribution in [0.1, 0.15) is 92.2 Å². The summed E-state index contributed by atoms with van der Waals surface area (Å²) in [5.74, 6) is -0.670. The predicted molar refractivity (Wildman–Crippen MR) is 161 cm³/mol. The Balaban J connectivity index is 1.62. The summed E-state index contributed by atoms with van der Waals surface area (Å²) < 4.78 is 7.10. The summed E-state index contributed by atoms with van der Waals surface area (Å²) in [6.07, 6.45) is 7.31. The van der Waals surface area contributed by atoms with Gasteiger partial charge >= 0.3 is 5.97 Å². The largest absolute Gasteiger partial charge is 0.458 e. The summed E-state index contributed by atoms with van der Waals surface area (Å²) in [5.41, 5.74) is 0.617. The van der Waals surface area contributed by atoms with Gasteiger partial charge in [-0.15, -0.1) is 11.3 Å². The minimum atomic E-state index is -1.21. The van der Waals surface area contributed by atoms with Gasteiger partial charge in [-0.05, 0) is 69.3 Å². The lowest BCUT2D eigenvalue weighted by molar-refractivity contribution is -0.154. The van der Waals surface area contributed by atoms with Crippen LogP contribution >= 0.6 is 23.1 Å². The number of fused-ring (bicyclic) bond motifs is 1. The Morgan fingerprint density at radius 2 is 1.93 bits per heavy atom. The number of esters is 1. The van der Waals surface area contributed by atoms with Crippen LogP contribution in [0.5, 0.6) is 0 Å². The number of aliphatic hydroxyl groups is 2. The maximum Gasteiger partial charge on any atom is 0.309 e. The predicted octanol–water partition coefficient (Wildman–Crippen LogP) is 5.59. The molecule has 1 aliphatic carbocycles. The Bertz CT molecular complexity index is 1100. The second-order valence-electron chi connectivity index (χ2n) is 13.3. The zero-order valence-corrected chi connectivity index (χ0v) is 26.8. The number of carbonyl (C=O) groups excluding carboxylic acids is 2. The van der Waals surface area contributed by atoms with E-state index in [1.54, 1.807) is 43.9 Å². The van der Waals surface area contributed by atoms with Gasteiger partial charge in [-0.3, -0.25) is 14.5 Å². The highest BCUT2D eigenvalue weighted by Crippen LogP contribution is 2.51. The van der Waals surface area contributed by atoms with E-state index in [0.717, 1.165) is 47.3 Å². The number of Topliss-reactive ketones (excluding diaryl/α,β-unsaturated/α-hetero) is 1. The number of thiazole rings is 1. The standard InChI is InChI=1S/C31H48N2O5S2/c1-18-9-8-12-31(6)24(33(31)16-21-10-11-21)14-23(19(2)13-22-17-40-29(32-22)39-7)38-26(35)15-25(34)30(4,5)28(37)20(3)27(18)36/h13,17-18,20-21,23-25,27,34,36H,8-12,14-16H2,1-7H3/b19-13+/t18-,20+,23-,24-,25-,27-,31+,33?/m0/s1. The molecule has 224 valence electrons. The van der Waals surface area contributed by atoms with Gasteiger partial charge in [-0.1, -0.05) is 45.9 Å². The van der Waals surface area contributed by atoms with E-state index in [2.05, 4.69) is 16.8 Å². The Morgan fingerprint density at radius 3 is 2.55 bits per heavy atom. The first-order valence-corrected chi connectivity index (χ1v) is 16.9. The van der Waals surface area contributed by atoms with E-state index >= 15 is 0 Å². The molecular weight excluding hydrogens is 544 g/mol. The number of aliphatic hydroxyl groups excluding tert-OH is 2. The molecule has 0 spiro atoms. The normalized spacial score (nSPS) is 38.0. The van der Waals surface area contributed by atoms with Crippen molar-refractivity contribution in [1.82, 2.24) is 9.88 Å². The van der Waals surface area contributed by atoms with Gasteiger partial charge in [0.05, 0.1) is 29.7 Å². The van der Waals surface area contributed by atoms with Gasteiger partial charge in [0, 0.05) is 35.8 Å². The smallest absolute Gasteiger partial charge is 0.309 e. The number of thioether (sulfide) groups is 1. The van der Waals surface area contributed by atoms with Gasteiger partial charge in [0.15, 0.2) is 0 Å². The van der Waals surface area contributed by atoms with Crippen molar-refractivity contribution in [3.8, 4) is 0 Å². The average molecular weight is 593 g/mol. The van der Waals surface area contributed by atoms with Crippen molar-refractivity contribution in [1.29, 1.82) is 0 Å². The lowest BCUT2D eigenvalue weighted by atomic mass is 9.73. The van der Waals surface area contributed by atoms with Crippen LogP contribution in [-0.4, -0.2) is 74.5 Å². The highest BCUT2D eigenvalue weighted by Gasteiger charge is 2.59. The summed E-state index contributed by atoms with van der Waals surface area (Å²) >= 11 is 3.21. The van der Waals surface area contributed by atoms with Crippen molar-refractivity contribution >= 4 is 40.9 Å². The molecule has 7 nitrogen and oxygen atoms in total. The summed E-state index contributed by atoms with van der Waals surface area (Å²) in [6.45, 7) is 12.5. The third-order valence-corrected chi connectivity index (χ3v) is 11.7. The van der Waals surface area contributed by atoms with Crippen LogP contribution in [-0.2, 0) is 14.3 Å². The molecule has 2 saturated heterocycles. The Kier molecular flexibility index (Phi) is 9.93.